The lowest BCUT2D eigenvalue weighted by Gasteiger charge is -2.19. The van der Waals surface area contributed by atoms with Gasteiger partial charge in [-0.05, 0) is 26.6 Å². The van der Waals surface area contributed by atoms with Crippen LogP contribution in [0.25, 0.3) is 11.2 Å². The van der Waals surface area contributed by atoms with Crippen molar-refractivity contribution in [3.8, 4) is 0 Å². The minimum atomic E-state index is -4.67. The van der Waals surface area contributed by atoms with E-state index < -0.39 is 34.9 Å². The van der Waals surface area contributed by atoms with Crippen LogP contribution >= 0.6 is 0 Å². The van der Waals surface area contributed by atoms with E-state index in [1.54, 1.807) is 11.6 Å². The van der Waals surface area contributed by atoms with Gasteiger partial charge >= 0.3 is 10.4 Å². The van der Waals surface area contributed by atoms with Crippen LogP contribution < -0.4 is 21.7 Å². The predicted molar refractivity (Wildman–Crippen MR) is 111 cm³/mol. The van der Waals surface area contributed by atoms with Gasteiger partial charge in [0.15, 0.2) is 23.2 Å². The average molecular weight is 465 g/mol. The summed E-state index contributed by atoms with van der Waals surface area (Å²) in [4.78, 5) is 12.5. The molecule has 15 nitrogen and oxygen atoms in total. The summed E-state index contributed by atoms with van der Waals surface area (Å²) in [7, 11) is -1.07. The van der Waals surface area contributed by atoms with E-state index in [4.69, 9.17) is 28.0 Å². The summed E-state index contributed by atoms with van der Waals surface area (Å²) >= 11 is 0. The first kappa shape index (κ1) is 25.1. The molecule has 16 heteroatoms. The summed E-state index contributed by atoms with van der Waals surface area (Å²) in [6, 6.07) is 0. The lowest BCUT2D eigenvalue weighted by molar-refractivity contribution is -0.0328. The molecule has 4 atom stereocenters. The molecule has 9 N–H and O–H groups in total. The number of imidazole rings is 1. The number of aliphatic hydroxyl groups is 2. The van der Waals surface area contributed by atoms with Crippen LogP contribution in [0.1, 0.15) is 12.6 Å². The lowest BCUT2D eigenvalue weighted by Crippen LogP contribution is -2.38. The number of hydrogen-bond donors (Lipinski definition) is 8. The highest BCUT2D eigenvalue weighted by Crippen LogP contribution is 2.34. The number of nitrogens with two attached hydrogens (primary N) is 1. The number of anilines is 2. The molecule has 3 heterocycles. The molecule has 3 rings (SSSR count). The molecule has 0 radical (unpaired) electrons. The van der Waals surface area contributed by atoms with Gasteiger partial charge in [-0.25, -0.2) is 15.0 Å². The fourth-order valence-electron chi connectivity index (χ4n) is 3.09. The van der Waals surface area contributed by atoms with Crippen molar-refractivity contribution in [2.75, 3.05) is 44.8 Å². The van der Waals surface area contributed by atoms with Crippen LogP contribution in [0.2, 0.25) is 0 Å². The van der Waals surface area contributed by atoms with Gasteiger partial charge in [-0.2, -0.15) is 8.42 Å². The van der Waals surface area contributed by atoms with Gasteiger partial charge in [0.1, 0.15) is 24.6 Å². The topological polar surface area (TPSA) is 230 Å². The number of rotatable bonds is 8. The number of aromatic nitrogens is 4. The smallest absolute Gasteiger partial charge is 0.387 e. The quantitative estimate of drug-likeness (QED) is 0.151. The second-order valence-electron chi connectivity index (χ2n) is 6.64. The molecule has 2 aromatic rings. The van der Waals surface area contributed by atoms with Crippen LogP contribution in [0.3, 0.4) is 0 Å². The monoisotopic (exact) mass is 464 g/mol. The Morgan fingerprint density at radius 1 is 1.19 bits per heavy atom. The molecule has 0 spiro atoms. The molecule has 0 aromatic carbocycles. The molecule has 0 bridgehead atoms. The van der Waals surface area contributed by atoms with Crippen molar-refractivity contribution >= 4 is 33.3 Å². The highest BCUT2D eigenvalue weighted by atomic mass is 32.3. The zero-order chi connectivity index (χ0) is 23.2. The Morgan fingerprint density at radius 2 is 1.87 bits per heavy atom. The maximum atomic E-state index is 10.5. The Balaban J connectivity index is 0.000000614. The molecule has 0 amide bonds. The minimum absolute atomic E-state index is 0.237. The molecular weight excluding hydrogens is 436 g/mol. The Morgan fingerprint density at radius 3 is 2.48 bits per heavy atom. The summed E-state index contributed by atoms with van der Waals surface area (Å²) in [6.07, 6.45) is -1.26. The maximum Gasteiger partial charge on any atom is 0.394 e. The molecule has 0 aliphatic carbocycles. The highest BCUT2D eigenvalue weighted by molar-refractivity contribution is 7.79. The van der Waals surface area contributed by atoms with E-state index in [0.29, 0.717) is 23.7 Å². The number of nitrogen functional groups attached to an aromatic ring is 1. The summed E-state index contributed by atoms with van der Waals surface area (Å²) in [6.45, 7) is 2.12. The normalized spacial score (nSPS) is 23.5. The average Bonchev–Trinajstić information content (AvgIpc) is 3.19. The van der Waals surface area contributed by atoms with Crippen molar-refractivity contribution in [3.05, 3.63) is 6.33 Å². The van der Waals surface area contributed by atoms with E-state index in [-0.39, 0.29) is 5.82 Å². The summed E-state index contributed by atoms with van der Waals surface area (Å²) < 4.78 is 39.1. The van der Waals surface area contributed by atoms with Gasteiger partial charge in [-0.15, -0.1) is 0 Å². The molecule has 2 aromatic heterocycles. The number of fused-ring (bicyclic) bond motifs is 1. The lowest BCUT2D eigenvalue weighted by atomic mass is 10.1. The molecular formula is C15H28N8O7S. The van der Waals surface area contributed by atoms with Crippen molar-refractivity contribution < 1.29 is 32.5 Å². The maximum absolute atomic E-state index is 10.5. The minimum Gasteiger partial charge on any atom is -0.387 e. The summed E-state index contributed by atoms with van der Waals surface area (Å²) in [5.74, 6) is 0.659. The second kappa shape index (κ2) is 10.9. The first-order chi connectivity index (χ1) is 14.6. The van der Waals surface area contributed by atoms with Crippen LogP contribution in [0, 0.1) is 0 Å². The second-order valence-corrected chi connectivity index (χ2v) is 7.54. The fourth-order valence-corrected chi connectivity index (χ4v) is 3.09. The standard InChI is InChI=1S/C15H26N8O3.H2O4S/c1-17-4-3-5-19-6-8-10(24)11(25)14(26-8)23-13-9(22-15(23)18-2)12(16)20-7-21-13;1-5(2,3)4/h7-8,10-11,14,17,19,24-25H,3-6H2,1-2H3,(H,18,22)(H2,16,20,21);(H2,1,2,3,4)/t8-,10?,11?,14-;/m1./s1. The van der Waals surface area contributed by atoms with Crippen LogP contribution in [0.5, 0.6) is 0 Å². The van der Waals surface area contributed by atoms with Gasteiger partial charge in [0.2, 0.25) is 5.95 Å². The van der Waals surface area contributed by atoms with Crippen molar-refractivity contribution in [1.29, 1.82) is 0 Å². The third-order valence-electron chi connectivity index (χ3n) is 4.45. The van der Waals surface area contributed by atoms with Gasteiger partial charge in [0, 0.05) is 13.6 Å². The van der Waals surface area contributed by atoms with Gasteiger partial charge in [-0.3, -0.25) is 13.7 Å². The summed E-state index contributed by atoms with van der Waals surface area (Å²) in [5, 5.41) is 30.1. The molecule has 176 valence electrons. The van der Waals surface area contributed by atoms with Crippen LogP contribution in [0.15, 0.2) is 6.33 Å². The molecule has 1 fully saturated rings. The predicted octanol–water partition coefficient (Wildman–Crippen LogP) is -2.38. The molecule has 31 heavy (non-hydrogen) atoms. The van der Waals surface area contributed by atoms with E-state index in [9.17, 15) is 10.2 Å². The Hall–Kier alpha value is -2.18. The number of nitrogens with zero attached hydrogens (tertiary/aromatic N) is 4. The van der Waals surface area contributed by atoms with E-state index >= 15 is 0 Å². The first-order valence-corrected chi connectivity index (χ1v) is 10.7. The first-order valence-electron chi connectivity index (χ1n) is 9.31. The van der Waals surface area contributed by atoms with E-state index in [0.717, 1.165) is 19.5 Å². The Kier molecular flexibility index (Phi) is 8.83. The number of hydrogen-bond acceptors (Lipinski definition) is 12. The number of nitrogens with one attached hydrogen (secondary N) is 3. The van der Waals surface area contributed by atoms with Gasteiger partial charge in [0.05, 0.1) is 0 Å². The van der Waals surface area contributed by atoms with Crippen molar-refractivity contribution in [3.63, 3.8) is 0 Å². The van der Waals surface area contributed by atoms with Gasteiger partial charge in [-0.1, -0.05) is 0 Å². The fraction of sp³-hybridized carbons (Fsp3) is 0.667. The molecule has 1 aliphatic rings. The Labute approximate surface area is 178 Å². The largest absolute Gasteiger partial charge is 0.394 e. The highest BCUT2D eigenvalue weighted by Gasteiger charge is 2.45. The number of ether oxygens (including phenoxy) is 1. The third kappa shape index (κ3) is 6.65. The van der Waals surface area contributed by atoms with Crippen LogP contribution in [-0.2, 0) is 15.1 Å². The summed E-state index contributed by atoms with van der Waals surface area (Å²) in [5.41, 5.74) is 6.71. The molecule has 0 saturated carbocycles. The van der Waals surface area contributed by atoms with Crippen molar-refractivity contribution in [2.45, 2.75) is 31.0 Å². The zero-order valence-corrected chi connectivity index (χ0v) is 17.8. The van der Waals surface area contributed by atoms with Crippen molar-refractivity contribution in [1.82, 2.24) is 30.2 Å². The van der Waals surface area contributed by atoms with Gasteiger partial charge < -0.3 is 36.6 Å². The van der Waals surface area contributed by atoms with Crippen LogP contribution in [-0.4, -0.2) is 99.3 Å². The molecule has 2 unspecified atom stereocenters. The van der Waals surface area contributed by atoms with E-state index in [2.05, 4.69) is 30.9 Å². The Bertz CT molecular complexity index is 948. The van der Waals surface area contributed by atoms with Crippen molar-refractivity contribution in [2.24, 2.45) is 0 Å². The van der Waals surface area contributed by atoms with E-state index in [1.165, 1.54) is 6.33 Å². The number of aliphatic hydroxyl groups excluding tert-OH is 2. The molecule has 1 saturated heterocycles. The zero-order valence-electron chi connectivity index (χ0n) is 17.0. The van der Waals surface area contributed by atoms with Crippen LogP contribution in [0.4, 0.5) is 11.8 Å². The molecule has 1 aliphatic heterocycles. The van der Waals surface area contributed by atoms with E-state index in [1.807, 2.05) is 7.05 Å². The SMILES string of the molecule is CNCCCNC[C@H]1O[C@@H](n2c(NC)nc3c(N)ncnc32)C(O)C1O.O=S(=O)(O)O. The van der Waals surface area contributed by atoms with Gasteiger partial charge in [0.25, 0.3) is 0 Å². The third-order valence-corrected chi connectivity index (χ3v) is 4.45.